The molecule has 0 fully saturated rings. The van der Waals surface area contributed by atoms with Crippen LogP contribution < -0.4 is 14.8 Å². The smallest absolute Gasteiger partial charge is 0.220 e. The lowest BCUT2D eigenvalue weighted by Crippen LogP contribution is -2.26. The van der Waals surface area contributed by atoms with Crippen molar-refractivity contribution in [3.8, 4) is 11.5 Å². The molecule has 1 aromatic heterocycles. The van der Waals surface area contributed by atoms with Crippen molar-refractivity contribution in [1.82, 2.24) is 15.3 Å². The van der Waals surface area contributed by atoms with E-state index < -0.39 is 0 Å². The molecule has 3 aromatic rings. The van der Waals surface area contributed by atoms with E-state index in [4.69, 9.17) is 9.47 Å². The van der Waals surface area contributed by atoms with E-state index in [0.29, 0.717) is 37.3 Å². The van der Waals surface area contributed by atoms with Gasteiger partial charge in [0.2, 0.25) is 5.91 Å². The summed E-state index contributed by atoms with van der Waals surface area (Å²) in [5.41, 5.74) is 2.91. The Morgan fingerprint density at radius 3 is 2.69 bits per heavy atom. The number of nitrogens with zero attached hydrogens (tertiary/aromatic N) is 1. The van der Waals surface area contributed by atoms with Crippen molar-refractivity contribution in [3.05, 3.63) is 53.9 Å². The topological polar surface area (TPSA) is 76.2 Å². The minimum absolute atomic E-state index is 0.00554. The molecule has 136 valence electrons. The highest BCUT2D eigenvalue weighted by atomic mass is 16.5. The van der Waals surface area contributed by atoms with Crippen LogP contribution in [0.15, 0.2) is 42.5 Å². The molecule has 1 heterocycles. The van der Waals surface area contributed by atoms with Gasteiger partial charge in [0.05, 0.1) is 25.3 Å². The molecule has 0 bridgehead atoms. The lowest BCUT2D eigenvalue weighted by molar-refractivity contribution is -0.121. The first-order chi connectivity index (χ1) is 12.7. The highest BCUT2D eigenvalue weighted by Crippen LogP contribution is 2.31. The number of imidazole rings is 1. The van der Waals surface area contributed by atoms with Gasteiger partial charge in [-0.3, -0.25) is 4.79 Å². The summed E-state index contributed by atoms with van der Waals surface area (Å²) in [6, 6.07) is 13.6. The second kappa shape index (κ2) is 8.38. The Labute approximate surface area is 152 Å². The van der Waals surface area contributed by atoms with Gasteiger partial charge in [0, 0.05) is 19.4 Å². The summed E-state index contributed by atoms with van der Waals surface area (Å²) in [5.74, 6) is 2.24. The van der Waals surface area contributed by atoms with Gasteiger partial charge in [0.1, 0.15) is 5.82 Å². The van der Waals surface area contributed by atoms with Crippen LogP contribution in [0.4, 0.5) is 0 Å². The number of amides is 1. The minimum atomic E-state index is 0.00554. The monoisotopic (exact) mass is 353 g/mol. The van der Waals surface area contributed by atoms with Gasteiger partial charge in [-0.15, -0.1) is 0 Å². The molecular weight excluding hydrogens is 330 g/mol. The number of ether oxygens (including phenoxy) is 2. The number of para-hydroxylation sites is 3. The van der Waals surface area contributed by atoms with Crippen molar-refractivity contribution < 1.29 is 14.3 Å². The molecule has 6 nitrogen and oxygen atoms in total. The molecule has 2 N–H and O–H groups in total. The number of rotatable bonds is 8. The first kappa shape index (κ1) is 17.8. The van der Waals surface area contributed by atoms with Crippen LogP contribution in [0.25, 0.3) is 11.0 Å². The second-order valence-corrected chi connectivity index (χ2v) is 5.95. The number of methoxy groups -OCH3 is 2. The molecule has 3 rings (SSSR count). The third-order valence-electron chi connectivity index (χ3n) is 4.23. The number of nitrogens with one attached hydrogen (secondary N) is 2. The second-order valence-electron chi connectivity index (χ2n) is 5.95. The Morgan fingerprint density at radius 2 is 1.92 bits per heavy atom. The van der Waals surface area contributed by atoms with E-state index >= 15 is 0 Å². The first-order valence-corrected chi connectivity index (χ1v) is 8.61. The van der Waals surface area contributed by atoms with Crippen LogP contribution in [-0.4, -0.2) is 36.6 Å². The van der Waals surface area contributed by atoms with Gasteiger partial charge in [-0.05, 0) is 30.2 Å². The molecule has 26 heavy (non-hydrogen) atoms. The molecule has 0 atom stereocenters. The van der Waals surface area contributed by atoms with Crippen LogP contribution in [0.5, 0.6) is 11.5 Å². The summed E-state index contributed by atoms with van der Waals surface area (Å²) in [7, 11) is 3.21. The third-order valence-corrected chi connectivity index (χ3v) is 4.23. The Morgan fingerprint density at radius 1 is 1.08 bits per heavy atom. The molecule has 0 radical (unpaired) electrons. The fourth-order valence-corrected chi connectivity index (χ4v) is 2.93. The van der Waals surface area contributed by atoms with Gasteiger partial charge < -0.3 is 19.8 Å². The zero-order valence-corrected chi connectivity index (χ0v) is 15.0. The van der Waals surface area contributed by atoms with E-state index in [1.807, 2.05) is 42.5 Å². The Balaban J connectivity index is 1.49. The predicted octanol–water partition coefficient (Wildman–Crippen LogP) is 2.87. The number of carbonyl (C=O) groups is 1. The Bertz CT molecular complexity index is 856. The van der Waals surface area contributed by atoms with Crippen LogP contribution >= 0.6 is 0 Å². The van der Waals surface area contributed by atoms with Crippen molar-refractivity contribution in [3.63, 3.8) is 0 Å². The normalized spacial score (nSPS) is 10.7. The van der Waals surface area contributed by atoms with Crippen molar-refractivity contribution in [2.75, 3.05) is 20.8 Å². The quantitative estimate of drug-likeness (QED) is 0.653. The van der Waals surface area contributed by atoms with Gasteiger partial charge in [-0.1, -0.05) is 24.3 Å². The number of aromatic nitrogens is 2. The molecule has 0 spiro atoms. The van der Waals surface area contributed by atoms with Crippen LogP contribution in [0.3, 0.4) is 0 Å². The van der Waals surface area contributed by atoms with E-state index in [9.17, 15) is 4.79 Å². The summed E-state index contributed by atoms with van der Waals surface area (Å²) < 4.78 is 10.7. The fourth-order valence-electron chi connectivity index (χ4n) is 2.93. The molecule has 2 aromatic carbocycles. The summed E-state index contributed by atoms with van der Waals surface area (Å²) in [4.78, 5) is 19.9. The number of fused-ring (bicyclic) bond motifs is 1. The first-order valence-electron chi connectivity index (χ1n) is 8.61. The average Bonchev–Trinajstić information content (AvgIpc) is 3.08. The molecule has 0 aliphatic carbocycles. The summed E-state index contributed by atoms with van der Waals surface area (Å²) >= 11 is 0. The molecule has 0 aliphatic rings. The zero-order valence-electron chi connectivity index (χ0n) is 15.0. The van der Waals surface area contributed by atoms with Crippen LogP contribution in [-0.2, 0) is 17.6 Å². The van der Waals surface area contributed by atoms with Crippen molar-refractivity contribution in [2.24, 2.45) is 0 Å². The van der Waals surface area contributed by atoms with Crippen molar-refractivity contribution in [1.29, 1.82) is 0 Å². The van der Waals surface area contributed by atoms with Gasteiger partial charge in [-0.2, -0.15) is 0 Å². The van der Waals surface area contributed by atoms with Gasteiger partial charge in [0.15, 0.2) is 11.5 Å². The average molecular weight is 353 g/mol. The maximum atomic E-state index is 12.1. The number of benzene rings is 2. The van der Waals surface area contributed by atoms with Gasteiger partial charge in [0.25, 0.3) is 0 Å². The van der Waals surface area contributed by atoms with Crippen LogP contribution in [0.2, 0.25) is 0 Å². The van der Waals surface area contributed by atoms with Crippen molar-refractivity contribution >= 4 is 16.9 Å². The lowest BCUT2D eigenvalue weighted by atomic mass is 10.1. The largest absolute Gasteiger partial charge is 0.493 e. The Kier molecular flexibility index (Phi) is 5.73. The number of H-pyrrole nitrogens is 1. The van der Waals surface area contributed by atoms with E-state index in [1.54, 1.807) is 14.2 Å². The number of hydrogen-bond acceptors (Lipinski definition) is 4. The molecule has 0 saturated carbocycles. The number of hydrogen-bond donors (Lipinski definition) is 2. The van der Waals surface area contributed by atoms with Gasteiger partial charge >= 0.3 is 0 Å². The third kappa shape index (κ3) is 4.14. The molecule has 6 heteroatoms. The van der Waals surface area contributed by atoms with E-state index in [2.05, 4.69) is 15.3 Å². The summed E-state index contributed by atoms with van der Waals surface area (Å²) in [6.45, 7) is 0.550. The maximum Gasteiger partial charge on any atom is 0.220 e. The molecule has 0 unspecified atom stereocenters. The van der Waals surface area contributed by atoms with Gasteiger partial charge in [-0.25, -0.2) is 4.98 Å². The molecule has 0 saturated heterocycles. The SMILES string of the molecule is COc1cccc(CCC(=O)NCCc2nc3ccccc3[nH]2)c1OC. The van der Waals surface area contributed by atoms with E-state index in [1.165, 1.54) is 0 Å². The van der Waals surface area contributed by atoms with Crippen molar-refractivity contribution in [2.45, 2.75) is 19.3 Å². The van der Waals surface area contributed by atoms with E-state index in [-0.39, 0.29) is 5.91 Å². The van der Waals surface area contributed by atoms with E-state index in [0.717, 1.165) is 22.4 Å². The number of carbonyl (C=O) groups excluding carboxylic acids is 1. The van der Waals surface area contributed by atoms with Crippen LogP contribution in [0, 0.1) is 0 Å². The molecular formula is C20H23N3O3. The Hall–Kier alpha value is -3.02. The van der Waals surface area contributed by atoms with Crippen LogP contribution in [0.1, 0.15) is 17.8 Å². The number of aryl methyl sites for hydroxylation is 1. The number of aromatic amines is 1. The summed E-state index contributed by atoms with van der Waals surface area (Å²) in [6.07, 6.45) is 1.66. The predicted molar refractivity (Wildman–Crippen MR) is 101 cm³/mol. The fraction of sp³-hybridized carbons (Fsp3) is 0.300. The highest BCUT2D eigenvalue weighted by Gasteiger charge is 2.11. The summed E-state index contributed by atoms with van der Waals surface area (Å²) in [5, 5.41) is 2.94. The maximum absolute atomic E-state index is 12.1. The molecule has 0 aliphatic heterocycles. The lowest BCUT2D eigenvalue weighted by Gasteiger charge is -2.12. The standard InChI is InChI=1S/C20H23N3O3/c1-25-17-9-5-6-14(20(17)26-2)10-11-19(24)21-13-12-18-22-15-7-3-4-8-16(15)23-18/h3-9H,10-13H2,1-2H3,(H,21,24)(H,22,23). The zero-order chi connectivity index (χ0) is 18.4. The highest BCUT2D eigenvalue weighted by molar-refractivity contribution is 5.76. The molecule has 1 amide bonds. The minimum Gasteiger partial charge on any atom is -0.493 e.